The minimum Gasteiger partial charge on any atom is -0.369 e. The zero-order valence-electron chi connectivity index (χ0n) is 12.1. The first kappa shape index (κ1) is 14.7. The first-order chi connectivity index (χ1) is 9.61. The number of hydrogen-bond donors (Lipinski definition) is 1. The third-order valence-corrected chi connectivity index (χ3v) is 3.07. The van der Waals surface area contributed by atoms with Crippen molar-refractivity contribution in [1.29, 1.82) is 0 Å². The average Bonchev–Trinajstić information content (AvgIpc) is 2.90. The molecule has 2 N–H and O–H groups in total. The molecule has 0 aliphatic heterocycles. The molecule has 1 unspecified atom stereocenters. The second-order valence-corrected chi connectivity index (χ2v) is 5.25. The number of hydrogen-bond acceptors (Lipinski definition) is 5. The lowest BCUT2D eigenvalue weighted by atomic mass is 10.0. The second-order valence-electron chi connectivity index (χ2n) is 5.25. The molecule has 0 aliphatic carbocycles. The highest BCUT2D eigenvalue weighted by molar-refractivity contribution is 5.22. The molecule has 0 bridgehead atoms. The lowest BCUT2D eigenvalue weighted by Gasteiger charge is -2.11. The normalized spacial score (nSPS) is 14.4. The van der Waals surface area contributed by atoms with E-state index >= 15 is 0 Å². The molecule has 0 saturated heterocycles. The third-order valence-electron chi connectivity index (χ3n) is 3.07. The van der Waals surface area contributed by atoms with E-state index in [1.54, 1.807) is 7.11 Å². The monoisotopic (exact) mass is 275 g/mol. The number of ether oxygens (including phenoxy) is 1. The van der Waals surface area contributed by atoms with Crippen molar-refractivity contribution in [1.82, 2.24) is 10.1 Å². The highest BCUT2D eigenvalue weighted by Gasteiger charge is 2.22. The molecule has 2 aromatic rings. The highest BCUT2D eigenvalue weighted by Crippen LogP contribution is 2.24. The topological polar surface area (TPSA) is 74.2 Å². The van der Waals surface area contributed by atoms with Crippen molar-refractivity contribution < 1.29 is 9.26 Å². The molecule has 5 heteroatoms. The van der Waals surface area contributed by atoms with Crippen LogP contribution in [0.2, 0.25) is 0 Å². The second kappa shape index (κ2) is 6.63. The fraction of sp³-hybridized carbons (Fsp3) is 0.467. The lowest BCUT2D eigenvalue weighted by molar-refractivity contribution is 0.126. The standard InChI is InChI=1S/C15H21N3O2/c1-10(2)9-12(16)15-17-14(18-20-15)13(19-3)11-7-5-4-6-8-11/h4-8,10,12-13H,9,16H2,1-3H3/t12-,13?/m0/s1. The van der Waals surface area contributed by atoms with Gasteiger partial charge in [0.25, 0.3) is 0 Å². The predicted octanol–water partition coefficient (Wildman–Crippen LogP) is 2.85. The number of methoxy groups -OCH3 is 1. The molecule has 0 fully saturated rings. The fourth-order valence-electron chi connectivity index (χ4n) is 2.13. The van der Waals surface area contributed by atoms with Gasteiger partial charge in [0.05, 0.1) is 6.04 Å². The van der Waals surface area contributed by atoms with E-state index in [1.165, 1.54) is 0 Å². The van der Waals surface area contributed by atoms with E-state index in [-0.39, 0.29) is 12.1 Å². The molecule has 2 rings (SSSR count). The minimum atomic E-state index is -0.333. The van der Waals surface area contributed by atoms with Crippen molar-refractivity contribution in [3.8, 4) is 0 Å². The first-order valence-corrected chi connectivity index (χ1v) is 6.78. The Morgan fingerprint density at radius 3 is 2.55 bits per heavy atom. The van der Waals surface area contributed by atoms with Gasteiger partial charge in [0, 0.05) is 7.11 Å². The van der Waals surface area contributed by atoms with Gasteiger partial charge in [0.2, 0.25) is 11.7 Å². The van der Waals surface area contributed by atoms with Gasteiger partial charge in [-0.05, 0) is 17.9 Å². The molecule has 0 amide bonds. The Labute approximate surface area is 119 Å². The number of rotatable bonds is 6. The van der Waals surface area contributed by atoms with Crippen molar-refractivity contribution >= 4 is 0 Å². The molecule has 0 radical (unpaired) electrons. The number of benzene rings is 1. The van der Waals surface area contributed by atoms with E-state index in [0.29, 0.717) is 17.6 Å². The summed E-state index contributed by atoms with van der Waals surface area (Å²) in [5.74, 6) is 1.45. The van der Waals surface area contributed by atoms with Gasteiger partial charge in [-0.1, -0.05) is 49.3 Å². The molecule has 1 aromatic carbocycles. The molecule has 0 spiro atoms. The van der Waals surface area contributed by atoms with Crippen LogP contribution >= 0.6 is 0 Å². The number of nitrogens with two attached hydrogens (primary N) is 1. The van der Waals surface area contributed by atoms with Crippen LogP contribution in [0.5, 0.6) is 0 Å². The Bertz CT molecular complexity index is 525. The van der Waals surface area contributed by atoms with E-state index in [4.69, 9.17) is 15.0 Å². The summed E-state index contributed by atoms with van der Waals surface area (Å²) in [5.41, 5.74) is 7.04. The molecule has 2 atom stereocenters. The highest BCUT2D eigenvalue weighted by atomic mass is 16.5. The Morgan fingerprint density at radius 2 is 1.95 bits per heavy atom. The maximum atomic E-state index is 6.05. The molecular formula is C15H21N3O2. The predicted molar refractivity (Wildman–Crippen MR) is 76.0 cm³/mol. The fourth-order valence-corrected chi connectivity index (χ4v) is 2.13. The summed E-state index contributed by atoms with van der Waals surface area (Å²) in [6.45, 7) is 4.22. The van der Waals surface area contributed by atoms with Crippen molar-refractivity contribution in [2.45, 2.75) is 32.4 Å². The van der Waals surface area contributed by atoms with Crippen molar-refractivity contribution in [2.24, 2.45) is 11.7 Å². The molecular weight excluding hydrogens is 254 g/mol. The minimum absolute atomic E-state index is 0.232. The largest absolute Gasteiger partial charge is 0.369 e. The molecule has 1 aromatic heterocycles. The molecule has 5 nitrogen and oxygen atoms in total. The Hall–Kier alpha value is -1.72. The van der Waals surface area contributed by atoms with Gasteiger partial charge in [0.15, 0.2) is 0 Å². The summed E-state index contributed by atoms with van der Waals surface area (Å²) >= 11 is 0. The van der Waals surface area contributed by atoms with Crippen LogP contribution in [0.15, 0.2) is 34.9 Å². The van der Waals surface area contributed by atoms with Gasteiger partial charge in [-0.15, -0.1) is 0 Å². The van der Waals surface area contributed by atoms with Crippen LogP contribution in [0.4, 0.5) is 0 Å². The van der Waals surface area contributed by atoms with Gasteiger partial charge >= 0.3 is 0 Å². The van der Waals surface area contributed by atoms with Crippen LogP contribution in [-0.4, -0.2) is 17.3 Å². The van der Waals surface area contributed by atoms with Crippen LogP contribution in [-0.2, 0) is 4.74 Å². The summed E-state index contributed by atoms with van der Waals surface area (Å²) in [6, 6.07) is 9.57. The molecule has 0 saturated carbocycles. The van der Waals surface area contributed by atoms with Crippen LogP contribution in [0.25, 0.3) is 0 Å². The van der Waals surface area contributed by atoms with E-state index in [9.17, 15) is 0 Å². The zero-order chi connectivity index (χ0) is 14.5. The van der Waals surface area contributed by atoms with Crippen molar-refractivity contribution in [3.05, 3.63) is 47.6 Å². The molecule has 1 heterocycles. The molecule has 108 valence electrons. The smallest absolute Gasteiger partial charge is 0.243 e. The zero-order valence-corrected chi connectivity index (χ0v) is 12.1. The van der Waals surface area contributed by atoms with Crippen molar-refractivity contribution in [2.75, 3.05) is 7.11 Å². The summed E-state index contributed by atoms with van der Waals surface area (Å²) in [7, 11) is 1.63. The summed E-state index contributed by atoms with van der Waals surface area (Å²) in [5, 5.41) is 4.00. The quantitative estimate of drug-likeness (QED) is 0.877. The summed E-state index contributed by atoms with van der Waals surface area (Å²) in [6.07, 6.45) is 0.477. The molecule has 0 aliphatic rings. The van der Waals surface area contributed by atoms with E-state index in [0.717, 1.165) is 12.0 Å². The van der Waals surface area contributed by atoms with E-state index < -0.39 is 0 Å². The number of nitrogens with zero attached hydrogens (tertiary/aromatic N) is 2. The van der Waals surface area contributed by atoms with Gasteiger partial charge in [-0.25, -0.2) is 0 Å². The summed E-state index contributed by atoms with van der Waals surface area (Å²) < 4.78 is 10.7. The van der Waals surface area contributed by atoms with Gasteiger partial charge in [-0.2, -0.15) is 4.98 Å². The van der Waals surface area contributed by atoms with E-state index in [1.807, 2.05) is 30.3 Å². The van der Waals surface area contributed by atoms with Crippen LogP contribution in [0.1, 0.15) is 49.7 Å². The van der Waals surface area contributed by atoms with Crippen LogP contribution in [0.3, 0.4) is 0 Å². The SMILES string of the molecule is COC(c1ccccc1)c1noc([C@@H](N)CC(C)C)n1. The lowest BCUT2D eigenvalue weighted by Crippen LogP contribution is -2.13. The van der Waals surface area contributed by atoms with Crippen LogP contribution in [0, 0.1) is 5.92 Å². The average molecular weight is 275 g/mol. The Balaban J connectivity index is 2.18. The number of aromatic nitrogens is 2. The first-order valence-electron chi connectivity index (χ1n) is 6.78. The van der Waals surface area contributed by atoms with Crippen molar-refractivity contribution in [3.63, 3.8) is 0 Å². The maximum Gasteiger partial charge on any atom is 0.243 e. The molecule has 20 heavy (non-hydrogen) atoms. The van der Waals surface area contributed by atoms with E-state index in [2.05, 4.69) is 24.0 Å². The van der Waals surface area contributed by atoms with Gasteiger partial charge in [0.1, 0.15) is 6.10 Å². The van der Waals surface area contributed by atoms with Crippen LogP contribution < -0.4 is 5.73 Å². The maximum absolute atomic E-state index is 6.05. The van der Waals surface area contributed by atoms with Gasteiger partial charge < -0.3 is 15.0 Å². The Morgan fingerprint density at radius 1 is 1.25 bits per heavy atom. The summed E-state index contributed by atoms with van der Waals surface area (Å²) in [4.78, 5) is 4.38. The third kappa shape index (κ3) is 3.43. The Kier molecular flexibility index (Phi) is 4.87. The van der Waals surface area contributed by atoms with Gasteiger partial charge in [-0.3, -0.25) is 0 Å².